The molecule has 5 heteroatoms. The Bertz CT molecular complexity index is 465. The molecule has 1 fully saturated rings. The van der Waals surface area contributed by atoms with Crippen molar-refractivity contribution in [3.8, 4) is 0 Å². The van der Waals surface area contributed by atoms with Crippen LogP contribution < -0.4 is 5.49 Å². The van der Waals surface area contributed by atoms with Crippen molar-refractivity contribution in [3.05, 3.63) is 29.6 Å². The predicted molar refractivity (Wildman–Crippen MR) is 59.0 cm³/mol. The van der Waals surface area contributed by atoms with Crippen LogP contribution in [0.5, 0.6) is 0 Å². The second kappa shape index (κ2) is 4.17. The highest BCUT2D eigenvalue weighted by molar-refractivity contribution is 5.84. The van der Waals surface area contributed by atoms with Crippen molar-refractivity contribution in [2.24, 2.45) is 5.92 Å². The lowest BCUT2D eigenvalue weighted by molar-refractivity contribution is 0.410. The molecular weight excluding hydrogens is 207 g/mol. The zero-order valence-corrected chi connectivity index (χ0v) is 9.20. The molecule has 0 aromatic carbocycles. The number of halogens is 1. The molecule has 2 N–H and O–H groups in total. The molecule has 16 heavy (non-hydrogen) atoms. The van der Waals surface area contributed by atoms with Gasteiger partial charge in [-0.05, 0) is 32.1 Å². The summed E-state index contributed by atoms with van der Waals surface area (Å²) in [6.07, 6.45) is 2.11. The third-order valence-electron chi connectivity index (χ3n) is 2.95. The Labute approximate surface area is 93.3 Å². The van der Waals surface area contributed by atoms with Crippen LogP contribution in [0.25, 0.3) is 0 Å². The van der Waals surface area contributed by atoms with Crippen LogP contribution >= 0.6 is 0 Å². The zero-order valence-electron chi connectivity index (χ0n) is 9.20. The lowest BCUT2D eigenvalue weighted by atomic mass is 10.1. The number of nitrogens with zero attached hydrogens (tertiary/aromatic N) is 2. The molecule has 1 aliphatic heterocycles. The normalized spacial score (nSPS) is 21.2. The molecular formula is C11H15FN4. The van der Waals surface area contributed by atoms with Crippen LogP contribution in [0.1, 0.15) is 6.42 Å². The predicted octanol–water partition coefficient (Wildman–Crippen LogP) is 0.884. The largest absolute Gasteiger partial charge is 0.306 e. The molecule has 0 radical (unpaired) electrons. The first-order valence-electron chi connectivity index (χ1n) is 5.28. The number of rotatable bonds is 1. The van der Waals surface area contributed by atoms with Gasteiger partial charge in [-0.1, -0.05) is 0 Å². The van der Waals surface area contributed by atoms with Gasteiger partial charge in [0.2, 0.25) is 0 Å². The maximum atomic E-state index is 13.1. The fourth-order valence-corrected chi connectivity index (χ4v) is 2.03. The quantitative estimate of drug-likeness (QED) is 0.538. The van der Waals surface area contributed by atoms with Crippen LogP contribution in [0.3, 0.4) is 0 Å². The van der Waals surface area contributed by atoms with Gasteiger partial charge in [0, 0.05) is 18.7 Å². The van der Waals surface area contributed by atoms with Gasteiger partial charge in [0.25, 0.3) is 0 Å². The summed E-state index contributed by atoms with van der Waals surface area (Å²) in [4.78, 5) is 2.14. The van der Waals surface area contributed by atoms with Gasteiger partial charge < -0.3 is 4.90 Å². The maximum absolute atomic E-state index is 13.1. The Morgan fingerprint density at radius 2 is 2.25 bits per heavy atom. The number of nitrogens with one attached hydrogen (secondary N) is 2. The van der Waals surface area contributed by atoms with Crippen molar-refractivity contribution in [3.63, 3.8) is 0 Å². The molecule has 1 atom stereocenters. The van der Waals surface area contributed by atoms with E-state index in [1.165, 1.54) is 22.9 Å². The van der Waals surface area contributed by atoms with Crippen molar-refractivity contribution >= 4 is 5.84 Å². The van der Waals surface area contributed by atoms with E-state index in [0.29, 0.717) is 5.84 Å². The molecule has 1 aromatic heterocycles. The van der Waals surface area contributed by atoms with Crippen molar-refractivity contribution in [2.75, 3.05) is 20.1 Å². The molecule has 0 saturated carbocycles. The van der Waals surface area contributed by atoms with Crippen LogP contribution in [0.15, 0.2) is 18.3 Å². The Hall–Kier alpha value is -1.49. The lowest BCUT2D eigenvalue weighted by Gasteiger charge is -2.14. The second-order valence-electron chi connectivity index (χ2n) is 4.24. The lowest BCUT2D eigenvalue weighted by Crippen LogP contribution is -2.32. The van der Waals surface area contributed by atoms with Gasteiger partial charge in [0.1, 0.15) is 17.1 Å². The number of hydrogen-bond acceptors (Lipinski definition) is 3. The van der Waals surface area contributed by atoms with Gasteiger partial charge in [-0.2, -0.15) is 0 Å². The van der Waals surface area contributed by atoms with Crippen LogP contribution in [0.4, 0.5) is 4.39 Å². The smallest absolute Gasteiger partial charge is 0.139 e. The van der Waals surface area contributed by atoms with Crippen molar-refractivity contribution in [1.82, 2.24) is 9.47 Å². The van der Waals surface area contributed by atoms with Gasteiger partial charge in [-0.15, -0.1) is 0 Å². The van der Waals surface area contributed by atoms with Crippen molar-refractivity contribution in [2.45, 2.75) is 6.42 Å². The number of pyridine rings is 1. The Kier molecular flexibility index (Phi) is 2.87. The summed E-state index contributed by atoms with van der Waals surface area (Å²) in [6.45, 7) is 1.76. The van der Waals surface area contributed by atoms with Crippen LogP contribution in [-0.2, 0) is 0 Å². The first-order valence-corrected chi connectivity index (χ1v) is 5.28. The molecule has 0 spiro atoms. The molecule has 1 aliphatic rings. The molecule has 1 saturated heterocycles. The summed E-state index contributed by atoms with van der Waals surface area (Å²) in [7, 11) is 2.01. The number of aromatic nitrogens is 1. The first kappa shape index (κ1) is 11.0. The minimum Gasteiger partial charge on any atom is -0.306 e. The Morgan fingerprint density at radius 3 is 2.88 bits per heavy atom. The molecule has 1 aromatic rings. The zero-order chi connectivity index (χ0) is 11.7. The average Bonchev–Trinajstić information content (AvgIpc) is 2.67. The molecule has 0 aliphatic carbocycles. The molecule has 0 bridgehead atoms. The van der Waals surface area contributed by atoms with E-state index in [1.807, 2.05) is 7.05 Å². The van der Waals surface area contributed by atoms with Gasteiger partial charge in [0.05, 0.1) is 0 Å². The van der Waals surface area contributed by atoms with E-state index in [-0.39, 0.29) is 11.4 Å². The standard InChI is InChI=1S/C11H15FN4/c1-15-5-4-8(6-15)11(14)16-7-9(12)2-3-10(16)13/h2-3,7-8,13-14H,4-6H2,1H3/t8-/m1/s1. The van der Waals surface area contributed by atoms with E-state index in [4.69, 9.17) is 10.8 Å². The third kappa shape index (κ3) is 2.04. The van der Waals surface area contributed by atoms with Crippen LogP contribution in [0.2, 0.25) is 0 Å². The highest BCUT2D eigenvalue weighted by Gasteiger charge is 2.24. The molecule has 0 unspecified atom stereocenters. The average molecular weight is 222 g/mol. The Balaban J connectivity index is 2.27. The van der Waals surface area contributed by atoms with Crippen LogP contribution in [-0.4, -0.2) is 35.4 Å². The van der Waals surface area contributed by atoms with E-state index in [9.17, 15) is 4.39 Å². The fraction of sp³-hybridized carbons (Fsp3) is 0.455. The first-order chi connectivity index (χ1) is 7.58. The monoisotopic (exact) mass is 222 g/mol. The summed E-state index contributed by atoms with van der Waals surface area (Å²) in [5.74, 6) is 0.00171. The summed E-state index contributed by atoms with van der Waals surface area (Å²) < 4.78 is 14.4. The number of likely N-dealkylation sites (tertiary alicyclic amines) is 1. The third-order valence-corrected chi connectivity index (χ3v) is 2.95. The van der Waals surface area contributed by atoms with Gasteiger partial charge in [0.15, 0.2) is 0 Å². The van der Waals surface area contributed by atoms with Gasteiger partial charge in [-0.3, -0.25) is 15.4 Å². The molecule has 86 valence electrons. The number of hydrogen-bond donors (Lipinski definition) is 2. The van der Waals surface area contributed by atoms with Crippen LogP contribution in [0, 0.1) is 22.6 Å². The molecule has 0 amide bonds. The van der Waals surface area contributed by atoms with E-state index in [0.717, 1.165) is 19.5 Å². The summed E-state index contributed by atoms with van der Waals surface area (Å²) >= 11 is 0. The minimum atomic E-state index is -0.410. The van der Waals surface area contributed by atoms with Crippen molar-refractivity contribution in [1.29, 1.82) is 10.8 Å². The van der Waals surface area contributed by atoms with E-state index < -0.39 is 5.82 Å². The molecule has 2 rings (SSSR count). The second-order valence-corrected chi connectivity index (χ2v) is 4.24. The topological polar surface area (TPSA) is 55.9 Å². The van der Waals surface area contributed by atoms with Crippen molar-refractivity contribution < 1.29 is 4.39 Å². The summed E-state index contributed by atoms with van der Waals surface area (Å²) in [5, 5.41) is 15.7. The van der Waals surface area contributed by atoms with Gasteiger partial charge in [-0.25, -0.2) is 4.39 Å². The van der Waals surface area contributed by atoms with Gasteiger partial charge >= 0.3 is 0 Å². The highest BCUT2D eigenvalue weighted by Crippen LogP contribution is 2.15. The van der Waals surface area contributed by atoms with E-state index >= 15 is 0 Å². The summed E-state index contributed by atoms with van der Waals surface area (Å²) in [6, 6.07) is 2.62. The van der Waals surface area contributed by atoms with E-state index in [2.05, 4.69) is 4.90 Å². The fourth-order valence-electron chi connectivity index (χ4n) is 2.03. The highest BCUT2D eigenvalue weighted by atomic mass is 19.1. The SMILES string of the molecule is CN1CC[C@@H](C(=N)n2cc(F)ccc2=N)C1. The van der Waals surface area contributed by atoms with E-state index in [1.54, 1.807) is 0 Å². The Morgan fingerprint density at radius 1 is 1.50 bits per heavy atom. The summed E-state index contributed by atoms with van der Waals surface area (Å²) in [5.41, 5.74) is 0.154. The minimum absolute atomic E-state index is 0.0981. The maximum Gasteiger partial charge on any atom is 0.139 e. The molecule has 4 nitrogen and oxygen atoms in total. The molecule has 2 heterocycles.